The van der Waals surface area contributed by atoms with E-state index in [1.807, 2.05) is 6.07 Å². The monoisotopic (exact) mass is 361 g/mol. The minimum atomic E-state index is -0.0804. The maximum Gasteiger partial charge on any atom is 0.253 e. The van der Waals surface area contributed by atoms with E-state index in [4.69, 9.17) is 0 Å². The van der Waals surface area contributed by atoms with Crippen molar-refractivity contribution in [3.63, 3.8) is 0 Å². The van der Waals surface area contributed by atoms with Gasteiger partial charge in [0.2, 0.25) is 5.95 Å². The van der Waals surface area contributed by atoms with Crippen molar-refractivity contribution >= 4 is 27.8 Å². The number of halogens is 1. The van der Waals surface area contributed by atoms with Crippen LogP contribution in [0.4, 0.5) is 5.95 Å². The topological polar surface area (TPSA) is 71.0 Å². The molecule has 0 aliphatic carbocycles. The van der Waals surface area contributed by atoms with Gasteiger partial charge in [0.25, 0.3) is 5.91 Å². The molecule has 2 aromatic rings. The lowest BCUT2D eigenvalue weighted by atomic mass is 10.0. The summed E-state index contributed by atoms with van der Waals surface area (Å²) >= 11 is 3.33. The average molecular weight is 362 g/mol. The predicted octanol–water partition coefficient (Wildman–Crippen LogP) is 2.03. The SMILES string of the molecule is O=C(NC1CCN(c2ncccn2)CC1)c1cncc(Br)c1. The Balaban J connectivity index is 1.55. The van der Waals surface area contributed by atoms with Gasteiger partial charge in [0.1, 0.15) is 0 Å². The van der Waals surface area contributed by atoms with Crippen LogP contribution >= 0.6 is 15.9 Å². The first-order valence-corrected chi connectivity index (χ1v) is 7.95. The fraction of sp³-hybridized carbons (Fsp3) is 0.333. The Morgan fingerprint density at radius 2 is 1.95 bits per heavy atom. The van der Waals surface area contributed by atoms with E-state index in [-0.39, 0.29) is 11.9 Å². The number of anilines is 1. The normalized spacial score (nSPS) is 15.6. The minimum Gasteiger partial charge on any atom is -0.349 e. The molecule has 1 amide bonds. The van der Waals surface area contributed by atoms with Crippen LogP contribution in [0.5, 0.6) is 0 Å². The van der Waals surface area contributed by atoms with Gasteiger partial charge in [-0.25, -0.2) is 9.97 Å². The first kappa shape index (κ1) is 14.9. The van der Waals surface area contributed by atoms with Gasteiger partial charge < -0.3 is 10.2 Å². The molecule has 2 aromatic heterocycles. The summed E-state index contributed by atoms with van der Waals surface area (Å²) < 4.78 is 0.802. The van der Waals surface area contributed by atoms with Crippen molar-refractivity contribution < 1.29 is 4.79 Å². The van der Waals surface area contributed by atoms with Crippen LogP contribution in [0.25, 0.3) is 0 Å². The van der Waals surface area contributed by atoms with Crippen LogP contribution in [0.15, 0.2) is 41.4 Å². The van der Waals surface area contributed by atoms with Gasteiger partial charge in [-0.15, -0.1) is 0 Å². The molecule has 6 nitrogen and oxygen atoms in total. The largest absolute Gasteiger partial charge is 0.349 e. The molecule has 0 saturated carbocycles. The summed E-state index contributed by atoms with van der Waals surface area (Å²) in [6.45, 7) is 1.68. The fourth-order valence-electron chi connectivity index (χ4n) is 2.48. The van der Waals surface area contributed by atoms with Gasteiger partial charge in [-0.05, 0) is 40.9 Å². The zero-order valence-corrected chi connectivity index (χ0v) is 13.5. The second kappa shape index (κ2) is 6.83. The van der Waals surface area contributed by atoms with Crippen molar-refractivity contribution in [3.05, 3.63) is 47.0 Å². The molecule has 1 N–H and O–H groups in total. The van der Waals surface area contributed by atoms with Crippen molar-refractivity contribution in [1.29, 1.82) is 0 Å². The first-order chi connectivity index (χ1) is 10.7. The molecule has 1 aliphatic heterocycles. The standard InChI is InChI=1S/C15H16BrN5O/c16-12-8-11(9-17-10-12)14(22)20-13-2-6-21(7-3-13)15-18-4-1-5-19-15/h1,4-5,8-10,13H,2-3,6-7H2,(H,20,22). The highest BCUT2D eigenvalue weighted by Gasteiger charge is 2.22. The molecule has 0 spiro atoms. The van der Waals surface area contributed by atoms with Crippen molar-refractivity contribution in [2.45, 2.75) is 18.9 Å². The van der Waals surface area contributed by atoms with E-state index in [0.717, 1.165) is 36.4 Å². The maximum atomic E-state index is 12.2. The lowest BCUT2D eigenvalue weighted by Gasteiger charge is -2.32. The Kier molecular flexibility index (Phi) is 4.62. The lowest BCUT2D eigenvalue weighted by Crippen LogP contribution is -2.45. The molecular weight excluding hydrogens is 346 g/mol. The van der Waals surface area contributed by atoms with E-state index in [0.29, 0.717) is 5.56 Å². The van der Waals surface area contributed by atoms with Crippen LogP contribution in [-0.4, -0.2) is 40.0 Å². The summed E-state index contributed by atoms with van der Waals surface area (Å²) in [5.74, 6) is 0.673. The van der Waals surface area contributed by atoms with E-state index in [9.17, 15) is 4.79 Å². The van der Waals surface area contributed by atoms with Crippen LogP contribution in [-0.2, 0) is 0 Å². The van der Waals surface area contributed by atoms with Gasteiger partial charge in [-0.2, -0.15) is 0 Å². The second-order valence-electron chi connectivity index (χ2n) is 5.18. The molecule has 1 fully saturated rings. The van der Waals surface area contributed by atoms with Crippen molar-refractivity contribution in [2.75, 3.05) is 18.0 Å². The number of pyridine rings is 1. The summed E-state index contributed by atoms with van der Waals surface area (Å²) in [5, 5.41) is 3.07. The van der Waals surface area contributed by atoms with Gasteiger partial charge >= 0.3 is 0 Å². The third-order valence-corrected chi connectivity index (χ3v) is 4.07. The van der Waals surface area contributed by atoms with Gasteiger partial charge in [0, 0.05) is 48.4 Å². The third-order valence-electron chi connectivity index (χ3n) is 3.63. The number of carbonyl (C=O) groups is 1. The number of hydrogen-bond donors (Lipinski definition) is 1. The van der Waals surface area contributed by atoms with Crippen LogP contribution < -0.4 is 10.2 Å². The van der Waals surface area contributed by atoms with Crippen molar-refractivity contribution in [3.8, 4) is 0 Å². The molecule has 0 radical (unpaired) electrons. The van der Waals surface area contributed by atoms with E-state index in [1.54, 1.807) is 30.9 Å². The van der Waals surface area contributed by atoms with Gasteiger partial charge in [0.05, 0.1) is 5.56 Å². The summed E-state index contributed by atoms with van der Waals surface area (Å²) in [7, 11) is 0. The van der Waals surface area contributed by atoms with E-state index >= 15 is 0 Å². The molecule has 114 valence electrons. The van der Waals surface area contributed by atoms with Gasteiger partial charge in [0.15, 0.2) is 0 Å². The number of nitrogens with zero attached hydrogens (tertiary/aromatic N) is 4. The van der Waals surface area contributed by atoms with E-state index in [2.05, 4.69) is 41.1 Å². The van der Waals surface area contributed by atoms with Crippen molar-refractivity contribution in [1.82, 2.24) is 20.3 Å². The van der Waals surface area contributed by atoms with Crippen LogP contribution in [0, 0.1) is 0 Å². The molecule has 0 bridgehead atoms. The quantitative estimate of drug-likeness (QED) is 0.905. The molecule has 1 saturated heterocycles. The highest BCUT2D eigenvalue weighted by molar-refractivity contribution is 9.10. The van der Waals surface area contributed by atoms with E-state index in [1.165, 1.54) is 0 Å². The summed E-state index contributed by atoms with van der Waals surface area (Å²) in [4.78, 5) is 26.9. The Hall–Kier alpha value is -2.02. The van der Waals surface area contributed by atoms with Crippen molar-refractivity contribution in [2.24, 2.45) is 0 Å². The molecule has 1 aliphatic rings. The molecule has 3 rings (SSSR count). The third kappa shape index (κ3) is 3.59. The summed E-state index contributed by atoms with van der Waals surface area (Å²) in [6, 6.07) is 3.75. The summed E-state index contributed by atoms with van der Waals surface area (Å²) in [6.07, 6.45) is 8.49. The Morgan fingerprint density at radius 3 is 2.64 bits per heavy atom. The molecule has 0 unspecified atom stereocenters. The molecule has 0 atom stereocenters. The Morgan fingerprint density at radius 1 is 1.23 bits per heavy atom. The van der Waals surface area contributed by atoms with Gasteiger partial charge in [-0.3, -0.25) is 9.78 Å². The number of amides is 1. The molecule has 3 heterocycles. The molecule has 0 aromatic carbocycles. The highest BCUT2D eigenvalue weighted by Crippen LogP contribution is 2.16. The molecule has 7 heteroatoms. The number of rotatable bonds is 3. The zero-order valence-electron chi connectivity index (χ0n) is 11.9. The van der Waals surface area contributed by atoms with Crippen LogP contribution in [0.2, 0.25) is 0 Å². The highest BCUT2D eigenvalue weighted by atomic mass is 79.9. The number of aromatic nitrogens is 3. The maximum absolute atomic E-state index is 12.2. The molecule has 22 heavy (non-hydrogen) atoms. The summed E-state index contributed by atoms with van der Waals surface area (Å²) in [5.41, 5.74) is 0.572. The minimum absolute atomic E-state index is 0.0804. The zero-order chi connectivity index (χ0) is 15.4. The average Bonchev–Trinajstić information content (AvgIpc) is 2.56. The smallest absolute Gasteiger partial charge is 0.253 e. The predicted molar refractivity (Wildman–Crippen MR) is 86.7 cm³/mol. The molecular formula is C15H16BrN5O. The van der Waals surface area contributed by atoms with Crippen LogP contribution in [0.1, 0.15) is 23.2 Å². The first-order valence-electron chi connectivity index (χ1n) is 7.16. The number of piperidine rings is 1. The lowest BCUT2D eigenvalue weighted by molar-refractivity contribution is 0.0930. The van der Waals surface area contributed by atoms with E-state index < -0.39 is 0 Å². The number of nitrogens with one attached hydrogen (secondary N) is 1. The Labute approximate surface area is 137 Å². The van der Waals surface area contributed by atoms with Gasteiger partial charge in [-0.1, -0.05) is 0 Å². The second-order valence-corrected chi connectivity index (χ2v) is 6.09. The fourth-order valence-corrected chi connectivity index (χ4v) is 2.85. The van der Waals surface area contributed by atoms with Crippen LogP contribution in [0.3, 0.4) is 0 Å². The number of hydrogen-bond acceptors (Lipinski definition) is 5. The Bertz CT molecular complexity index is 643. The number of carbonyl (C=O) groups excluding carboxylic acids is 1.